The Morgan fingerprint density at radius 1 is 1.48 bits per heavy atom. The first-order chi connectivity index (χ1) is 9.79. The molecule has 0 spiro atoms. The van der Waals surface area contributed by atoms with Crippen LogP contribution in [-0.2, 0) is 4.79 Å². The Balaban J connectivity index is 2.57. The molecule has 4 atom stereocenters. The van der Waals surface area contributed by atoms with Crippen molar-refractivity contribution in [3.63, 3.8) is 0 Å². The summed E-state index contributed by atoms with van der Waals surface area (Å²) in [5, 5.41) is 29.1. The number of likely N-dealkylation sites (tertiary alicyclic amines) is 1. The number of nitrogen functional groups attached to an aromatic ring is 1. The van der Waals surface area contributed by atoms with Gasteiger partial charge in [-0.05, 0) is 0 Å². The van der Waals surface area contributed by atoms with Crippen LogP contribution in [0, 0.1) is 5.82 Å². The van der Waals surface area contributed by atoms with Gasteiger partial charge in [0.2, 0.25) is 5.91 Å². The Hall–Kier alpha value is -2.04. The van der Waals surface area contributed by atoms with Gasteiger partial charge in [0.05, 0.1) is 18.8 Å². The lowest BCUT2D eigenvalue weighted by molar-refractivity contribution is -0.136. The van der Waals surface area contributed by atoms with Gasteiger partial charge in [0.25, 0.3) is 0 Å². The number of hydrogen-bond acceptors (Lipinski definition) is 7. The van der Waals surface area contributed by atoms with Crippen LogP contribution >= 0.6 is 0 Å². The van der Waals surface area contributed by atoms with Crippen LogP contribution in [0.2, 0.25) is 0 Å². The molecule has 21 heavy (non-hydrogen) atoms. The van der Waals surface area contributed by atoms with Gasteiger partial charge in [-0.2, -0.15) is 4.98 Å². The zero-order chi connectivity index (χ0) is 15.9. The van der Waals surface area contributed by atoms with E-state index in [1.54, 1.807) is 0 Å². The average Bonchev–Trinajstić information content (AvgIpc) is 2.66. The van der Waals surface area contributed by atoms with Gasteiger partial charge in [-0.1, -0.05) is 0 Å². The van der Waals surface area contributed by atoms with Crippen molar-refractivity contribution in [3.05, 3.63) is 22.5 Å². The average molecular weight is 302 g/mol. The number of carbonyl (C=O) groups excluding carboxylic acids is 1. The standard InChI is InChI=1S/C11H15FN4O5/c1-4(18)16-6(3-17)7(19)8(20)10(16)15-2-5(12)9(13)14-11(15)21/h2,6-8,10,17,19-20H,3H2,1H3,(H2,13,14,21)/t6-,7-,8-,10+/m1/s1. The van der Waals surface area contributed by atoms with Crippen LogP contribution in [0.5, 0.6) is 0 Å². The molecular formula is C11H15FN4O5. The Morgan fingerprint density at radius 2 is 2.10 bits per heavy atom. The van der Waals surface area contributed by atoms with Crippen LogP contribution in [0.1, 0.15) is 13.1 Å². The molecule has 1 aromatic heterocycles. The van der Waals surface area contributed by atoms with Crippen molar-refractivity contribution in [1.82, 2.24) is 14.5 Å². The van der Waals surface area contributed by atoms with Gasteiger partial charge in [-0.3, -0.25) is 9.36 Å². The fourth-order valence-corrected chi connectivity index (χ4v) is 2.49. The van der Waals surface area contributed by atoms with Crippen molar-refractivity contribution in [2.24, 2.45) is 0 Å². The number of halogens is 1. The van der Waals surface area contributed by atoms with Crippen molar-refractivity contribution < 1.29 is 24.5 Å². The van der Waals surface area contributed by atoms with Crippen molar-refractivity contribution in [1.29, 1.82) is 0 Å². The summed E-state index contributed by atoms with van der Waals surface area (Å²) in [4.78, 5) is 27.6. The van der Waals surface area contributed by atoms with E-state index in [9.17, 15) is 29.3 Å². The Kier molecular flexibility index (Phi) is 3.94. The molecule has 116 valence electrons. The molecule has 0 aliphatic carbocycles. The first-order valence-electron chi connectivity index (χ1n) is 6.09. The highest BCUT2D eigenvalue weighted by molar-refractivity contribution is 5.74. The summed E-state index contributed by atoms with van der Waals surface area (Å²) < 4.78 is 14.2. The smallest absolute Gasteiger partial charge is 0.351 e. The van der Waals surface area contributed by atoms with Crippen LogP contribution in [0.3, 0.4) is 0 Å². The molecule has 0 unspecified atom stereocenters. The van der Waals surface area contributed by atoms with E-state index in [0.29, 0.717) is 10.8 Å². The van der Waals surface area contributed by atoms with Crippen molar-refractivity contribution in [2.75, 3.05) is 12.3 Å². The third-order valence-corrected chi connectivity index (χ3v) is 3.46. The van der Waals surface area contributed by atoms with Crippen molar-refractivity contribution >= 4 is 11.7 Å². The molecule has 5 N–H and O–H groups in total. The highest BCUT2D eigenvalue weighted by atomic mass is 19.1. The number of aliphatic hydroxyl groups is 3. The SMILES string of the molecule is CC(=O)N1[C@H](CO)[C@@H](O)[C@@H](O)[C@H]1n1cc(F)c(N)nc1=O. The summed E-state index contributed by atoms with van der Waals surface area (Å²) in [6.45, 7) is 0.500. The summed E-state index contributed by atoms with van der Waals surface area (Å²) in [6, 6.07) is -1.12. The number of amides is 1. The molecule has 0 radical (unpaired) electrons. The third kappa shape index (κ3) is 2.37. The summed E-state index contributed by atoms with van der Waals surface area (Å²) in [6.07, 6.45) is -3.77. The zero-order valence-corrected chi connectivity index (χ0v) is 11.0. The van der Waals surface area contributed by atoms with Gasteiger partial charge < -0.3 is 26.0 Å². The Morgan fingerprint density at radius 3 is 2.62 bits per heavy atom. The Bertz CT molecular complexity index is 621. The molecule has 1 fully saturated rings. The second-order valence-corrected chi connectivity index (χ2v) is 4.73. The van der Waals surface area contributed by atoms with E-state index in [1.807, 2.05) is 0 Å². The number of aliphatic hydroxyl groups excluding tert-OH is 3. The largest absolute Gasteiger partial charge is 0.394 e. The molecule has 2 rings (SSSR count). The predicted molar refractivity (Wildman–Crippen MR) is 67.3 cm³/mol. The number of nitrogens with zero attached hydrogens (tertiary/aromatic N) is 3. The molecule has 1 saturated heterocycles. The highest BCUT2D eigenvalue weighted by Crippen LogP contribution is 2.32. The summed E-state index contributed by atoms with van der Waals surface area (Å²) in [5.74, 6) is -2.23. The van der Waals surface area contributed by atoms with Crippen molar-refractivity contribution in [3.8, 4) is 0 Å². The lowest BCUT2D eigenvalue weighted by Crippen LogP contribution is -2.45. The van der Waals surface area contributed by atoms with Crippen LogP contribution in [-0.4, -0.2) is 60.5 Å². The maximum absolute atomic E-state index is 13.5. The number of nitrogens with two attached hydrogens (primary N) is 1. The van der Waals surface area contributed by atoms with E-state index < -0.39 is 54.3 Å². The topological polar surface area (TPSA) is 142 Å². The minimum atomic E-state index is -1.59. The minimum Gasteiger partial charge on any atom is -0.394 e. The highest BCUT2D eigenvalue weighted by Gasteiger charge is 2.50. The number of rotatable bonds is 2. The molecule has 1 aliphatic heterocycles. The second-order valence-electron chi connectivity index (χ2n) is 4.73. The lowest BCUT2D eigenvalue weighted by Gasteiger charge is -2.29. The third-order valence-electron chi connectivity index (χ3n) is 3.46. The quantitative estimate of drug-likeness (QED) is 0.469. The van der Waals surface area contributed by atoms with Crippen LogP contribution in [0.4, 0.5) is 10.2 Å². The molecule has 0 aromatic carbocycles. The van der Waals surface area contributed by atoms with Crippen LogP contribution in [0.15, 0.2) is 11.0 Å². The fraction of sp³-hybridized carbons (Fsp3) is 0.545. The van der Waals surface area contributed by atoms with E-state index in [0.717, 1.165) is 11.8 Å². The summed E-state index contributed by atoms with van der Waals surface area (Å²) >= 11 is 0. The monoisotopic (exact) mass is 302 g/mol. The van der Waals surface area contributed by atoms with Gasteiger partial charge >= 0.3 is 5.69 Å². The molecule has 0 saturated carbocycles. The van der Waals surface area contributed by atoms with E-state index in [-0.39, 0.29) is 0 Å². The van der Waals surface area contributed by atoms with E-state index >= 15 is 0 Å². The number of hydrogen-bond donors (Lipinski definition) is 4. The molecule has 1 aromatic rings. The lowest BCUT2D eigenvalue weighted by atomic mass is 10.1. The van der Waals surface area contributed by atoms with Crippen LogP contribution in [0.25, 0.3) is 0 Å². The maximum atomic E-state index is 13.5. The number of anilines is 1. The predicted octanol–water partition coefficient (Wildman–Crippen LogP) is -2.59. The Labute approximate surface area is 118 Å². The molecule has 10 heteroatoms. The van der Waals surface area contributed by atoms with Gasteiger partial charge in [0.15, 0.2) is 11.6 Å². The molecule has 2 heterocycles. The van der Waals surface area contributed by atoms with E-state index in [4.69, 9.17) is 5.73 Å². The normalized spacial score (nSPS) is 28.9. The van der Waals surface area contributed by atoms with E-state index in [2.05, 4.69) is 4.98 Å². The van der Waals surface area contributed by atoms with Gasteiger partial charge in [-0.15, -0.1) is 0 Å². The number of aromatic nitrogens is 2. The summed E-state index contributed by atoms with van der Waals surface area (Å²) in [5.41, 5.74) is 4.18. The molecule has 1 amide bonds. The first kappa shape index (κ1) is 15.4. The van der Waals surface area contributed by atoms with Crippen LogP contribution < -0.4 is 11.4 Å². The molecular weight excluding hydrogens is 287 g/mol. The second kappa shape index (κ2) is 5.39. The molecule has 0 bridgehead atoms. The van der Waals surface area contributed by atoms with Crippen molar-refractivity contribution in [2.45, 2.75) is 31.3 Å². The number of carbonyl (C=O) groups is 1. The summed E-state index contributed by atoms with van der Waals surface area (Å²) in [7, 11) is 0. The maximum Gasteiger partial charge on any atom is 0.351 e. The molecule has 1 aliphatic rings. The first-order valence-corrected chi connectivity index (χ1v) is 6.09. The fourth-order valence-electron chi connectivity index (χ4n) is 2.49. The minimum absolute atomic E-state index is 0.612. The van der Waals surface area contributed by atoms with Gasteiger partial charge in [0.1, 0.15) is 18.4 Å². The van der Waals surface area contributed by atoms with Gasteiger partial charge in [-0.25, -0.2) is 9.18 Å². The van der Waals surface area contributed by atoms with Gasteiger partial charge in [0, 0.05) is 6.92 Å². The van der Waals surface area contributed by atoms with E-state index in [1.165, 1.54) is 0 Å². The molecule has 9 nitrogen and oxygen atoms in total. The zero-order valence-electron chi connectivity index (χ0n) is 11.0.